The number of ether oxygens (including phenoxy) is 1. The van der Waals surface area contributed by atoms with E-state index in [2.05, 4.69) is 4.98 Å². The molecule has 2 aromatic rings. The predicted molar refractivity (Wildman–Crippen MR) is 74.1 cm³/mol. The highest BCUT2D eigenvalue weighted by Gasteiger charge is 2.23. The summed E-state index contributed by atoms with van der Waals surface area (Å²) < 4.78 is 5.86. The minimum atomic E-state index is -0.550. The second-order valence-electron chi connectivity index (χ2n) is 4.59. The highest BCUT2D eigenvalue weighted by molar-refractivity contribution is 6.30. The van der Waals surface area contributed by atoms with Gasteiger partial charge in [-0.2, -0.15) is 5.26 Å². The van der Waals surface area contributed by atoms with Gasteiger partial charge in [-0.3, -0.25) is 0 Å². The maximum atomic E-state index is 8.83. The van der Waals surface area contributed by atoms with Gasteiger partial charge in [0, 0.05) is 11.1 Å². The molecule has 0 saturated heterocycles. The molecule has 4 heteroatoms. The van der Waals surface area contributed by atoms with Gasteiger partial charge in [0.1, 0.15) is 17.4 Å². The minimum absolute atomic E-state index is 0.337. The van der Waals surface area contributed by atoms with E-state index in [0.717, 1.165) is 5.56 Å². The number of benzene rings is 1. The Morgan fingerprint density at radius 1 is 1.16 bits per heavy atom. The van der Waals surface area contributed by atoms with E-state index in [4.69, 9.17) is 21.6 Å². The fourth-order valence-electron chi connectivity index (χ4n) is 1.71. The largest absolute Gasteiger partial charge is 0.467 e. The zero-order valence-electron chi connectivity index (χ0n) is 10.7. The van der Waals surface area contributed by atoms with Crippen molar-refractivity contribution in [2.24, 2.45) is 0 Å². The number of halogens is 1. The second-order valence-corrected chi connectivity index (χ2v) is 5.03. The van der Waals surface area contributed by atoms with Crippen molar-refractivity contribution >= 4 is 11.6 Å². The molecule has 0 aliphatic carbocycles. The van der Waals surface area contributed by atoms with Gasteiger partial charge in [0.05, 0.1) is 0 Å². The lowest BCUT2D eigenvalue weighted by molar-refractivity contribution is 0.102. The van der Waals surface area contributed by atoms with Crippen molar-refractivity contribution in [1.29, 1.82) is 5.26 Å². The maximum absolute atomic E-state index is 8.83. The Hall–Kier alpha value is -2.05. The SMILES string of the molecule is CC(C)(Oc1cccc(C#N)n1)c1ccc(Cl)cc1. The van der Waals surface area contributed by atoms with Crippen LogP contribution in [0.4, 0.5) is 0 Å². The smallest absolute Gasteiger partial charge is 0.215 e. The molecule has 0 radical (unpaired) electrons. The van der Waals surface area contributed by atoms with E-state index in [-0.39, 0.29) is 0 Å². The molecule has 0 saturated carbocycles. The van der Waals surface area contributed by atoms with Gasteiger partial charge in [-0.05, 0) is 37.6 Å². The Labute approximate surface area is 117 Å². The molecule has 0 bridgehead atoms. The molecule has 1 aromatic heterocycles. The van der Waals surface area contributed by atoms with Crippen LogP contribution in [0, 0.1) is 11.3 Å². The molecule has 0 spiro atoms. The number of hydrogen-bond donors (Lipinski definition) is 0. The zero-order chi connectivity index (χ0) is 13.9. The van der Waals surface area contributed by atoms with E-state index in [0.29, 0.717) is 16.6 Å². The Morgan fingerprint density at radius 3 is 2.47 bits per heavy atom. The van der Waals surface area contributed by atoms with Crippen molar-refractivity contribution in [2.75, 3.05) is 0 Å². The monoisotopic (exact) mass is 272 g/mol. The molecule has 0 aliphatic heterocycles. The number of hydrogen-bond acceptors (Lipinski definition) is 3. The van der Waals surface area contributed by atoms with E-state index >= 15 is 0 Å². The molecule has 0 N–H and O–H groups in total. The van der Waals surface area contributed by atoms with E-state index in [1.165, 1.54) is 0 Å². The first-order valence-electron chi connectivity index (χ1n) is 5.83. The van der Waals surface area contributed by atoms with Crippen LogP contribution in [0.3, 0.4) is 0 Å². The molecular formula is C15H13ClN2O. The second kappa shape index (κ2) is 5.29. The van der Waals surface area contributed by atoms with E-state index in [1.54, 1.807) is 18.2 Å². The van der Waals surface area contributed by atoms with Gasteiger partial charge in [0.25, 0.3) is 0 Å². The third-order valence-electron chi connectivity index (χ3n) is 2.74. The lowest BCUT2D eigenvalue weighted by atomic mass is 9.98. The average molecular weight is 273 g/mol. The third kappa shape index (κ3) is 3.24. The van der Waals surface area contributed by atoms with Crippen molar-refractivity contribution in [1.82, 2.24) is 4.98 Å². The fourth-order valence-corrected chi connectivity index (χ4v) is 1.83. The molecule has 19 heavy (non-hydrogen) atoms. The van der Waals surface area contributed by atoms with Crippen molar-refractivity contribution in [2.45, 2.75) is 19.4 Å². The van der Waals surface area contributed by atoms with Crippen molar-refractivity contribution in [3.8, 4) is 11.9 Å². The van der Waals surface area contributed by atoms with Gasteiger partial charge in [0.15, 0.2) is 0 Å². The van der Waals surface area contributed by atoms with Gasteiger partial charge in [0.2, 0.25) is 5.88 Å². The molecule has 0 unspecified atom stereocenters. The van der Waals surface area contributed by atoms with Crippen molar-refractivity contribution in [3.05, 3.63) is 58.7 Å². The molecule has 1 aromatic carbocycles. The summed E-state index contributed by atoms with van der Waals surface area (Å²) in [6, 6.07) is 14.6. The van der Waals surface area contributed by atoms with Crippen LogP contribution in [0.2, 0.25) is 5.02 Å². The number of nitriles is 1. The number of rotatable bonds is 3. The Bertz CT molecular complexity index is 615. The molecule has 0 amide bonds. The first-order valence-corrected chi connectivity index (χ1v) is 6.21. The minimum Gasteiger partial charge on any atom is -0.467 e. The van der Waals surface area contributed by atoms with Gasteiger partial charge in [-0.25, -0.2) is 4.98 Å². The molecular weight excluding hydrogens is 260 g/mol. The molecule has 0 aliphatic rings. The summed E-state index contributed by atoms with van der Waals surface area (Å²) in [4.78, 5) is 4.11. The summed E-state index contributed by atoms with van der Waals surface area (Å²) >= 11 is 5.87. The highest BCUT2D eigenvalue weighted by Crippen LogP contribution is 2.27. The van der Waals surface area contributed by atoms with E-state index < -0.39 is 5.60 Å². The first-order chi connectivity index (χ1) is 9.01. The number of nitrogens with zero attached hydrogens (tertiary/aromatic N) is 2. The zero-order valence-corrected chi connectivity index (χ0v) is 11.5. The standard InChI is InChI=1S/C15H13ClN2O/c1-15(2,11-6-8-12(16)9-7-11)19-14-5-3-4-13(10-17)18-14/h3-9H,1-2H3. The Kier molecular flexibility index (Phi) is 3.73. The van der Waals surface area contributed by atoms with Crippen LogP contribution in [0.5, 0.6) is 5.88 Å². The predicted octanol–water partition coefficient (Wildman–Crippen LogP) is 3.92. The lowest BCUT2D eigenvalue weighted by Gasteiger charge is -2.26. The van der Waals surface area contributed by atoms with Crippen LogP contribution in [-0.2, 0) is 5.60 Å². The van der Waals surface area contributed by atoms with Crippen LogP contribution in [0.15, 0.2) is 42.5 Å². The van der Waals surface area contributed by atoms with Gasteiger partial charge >= 0.3 is 0 Å². The van der Waals surface area contributed by atoms with Crippen LogP contribution in [-0.4, -0.2) is 4.98 Å². The summed E-state index contributed by atoms with van der Waals surface area (Å²) in [7, 11) is 0. The summed E-state index contributed by atoms with van der Waals surface area (Å²) in [6.45, 7) is 3.88. The number of aromatic nitrogens is 1. The van der Waals surface area contributed by atoms with Crippen molar-refractivity contribution in [3.63, 3.8) is 0 Å². The number of pyridine rings is 1. The van der Waals surface area contributed by atoms with Gasteiger partial charge in [-0.15, -0.1) is 0 Å². The summed E-state index contributed by atoms with van der Waals surface area (Å²) in [6.07, 6.45) is 0. The quantitative estimate of drug-likeness (QED) is 0.851. The normalized spacial score (nSPS) is 10.8. The molecule has 1 heterocycles. The van der Waals surface area contributed by atoms with Crippen LogP contribution >= 0.6 is 11.6 Å². The molecule has 2 rings (SSSR count). The third-order valence-corrected chi connectivity index (χ3v) is 2.99. The van der Waals surface area contributed by atoms with Crippen LogP contribution in [0.25, 0.3) is 0 Å². The molecule has 3 nitrogen and oxygen atoms in total. The first kappa shape index (κ1) is 13.4. The molecule has 0 fully saturated rings. The Balaban J connectivity index is 2.25. The molecule has 0 atom stereocenters. The van der Waals surface area contributed by atoms with E-state index in [9.17, 15) is 0 Å². The van der Waals surface area contributed by atoms with E-state index in [1.807, 2.05) is 44.2 Å². The summed E-state index contributed by atoms with van der Waals surface area (Å²) in [5.41, 5.74) is 0.775. The summed E-state index contributed by atoms with van der Waals surface area (Å²) in [5.74, 6) is 0.430. The molecule has 96 valence electrons. The fraction of sp³-hybridized carbons (Fsp3) is 0.200. The van der Waals surface area contributed by atoms with Gasteiger partial charge in [-0.1, -0.05) is 29.8 Å². The van der Waals surface area contributed by atoms with Crippen LogP contribution in [0.1, 0.15) is 25.1 Å². The van der Waals surface area contributed by atoms with Gasteiger partial charge < -0.3 is 4.74 Å². The topological polar surface area (TPSA) is 45.9 Å². The van der Waals surface area contributed by atoms with Crippen molar-refractivity contribution < 1.29 is 4.74 Å². The maximum Gasteiger partial charge on any atom is 0.215 e. The Morgan fingerprint density at radius 2 is 1.84 bits per heavy atom. The highest BCUT2D eigenvalue weighted by atomic mass is 35.5. The summed E-state index contributed by atoms with van der Waals surface area (Å²) in [5, 5.41) is 9.51. The lowest BCUT2D eigenvalue weighted by Crippen LogP contribution is -2.25. The van der Waals surface area contributed by atoms with Crippen LogP contribution < -0.4 is 4.74 Å². The average Bonchev–Trinajstić information content (AvgIpc) is 2.39.